The fourth-order valence-electron chi connectivity index (χ4n) is 3.41. The monoisotopic (exact) mass is 487 g/mol. The average molecular weight is 485 g/mol. The van der Waals surface area contributed by atoms with Crippen LogP contribution in [-0.4, -0.2) is 39.1 Å². The molecular weight excluding hydrogens is 462 g/mol. The summed E-state index contributed by atoms with van der Waals surface area (Å²) < 4.78 is 2.83. The van der Waals surface area contributed by atoms with Gasteiger partial charge in [-0.25, -0.2) is 0 Å². The van der Waals surface area contributed by atoms with Crippen LogP contribution in [-0.2, 0) is 4.79 Å². The van der Waals surface area contributed by atoms with Crippen molar-refractivity contribution < 1.29 is 4.79 Å². The number of para-hydroxylation sites is 1. The molecule has 28 heavy (non-hydrogen) atoms. The summed E-state index contributed by atoms with van der Waals surface area (Å²) in [5.74, 6) is -0.0635. The number of aryl methyl sites for hydroxylation is 2. The van der Waals surface area contributed by atoms with Crippen molar-refractivity contribution in [1.82, 2.24) is 0 Å². The van der Waals surface area contributed by atoms with E-state index in [-0.39, 0.29) is 5.91 Å². The summed E-state index contributed by atoms with van der Waals surface area (Å²) >= 11 is -0.456. The first-order valence-corrected chi connectivity index (χ1v) is 11.8. The number of hydrazone groups is 1. The molecule has 0 aromatic heterocycles. The zero-order chi connectivity index (χ0) is 19.8. The zero-order valence-electron chi connectivity index (χ0n) is 16.6. The number of allylic oxidation sites excluding steroid dienone is 2. The number of benzene rings is 2. The first-order chi connectivity index (χ1) is 13.5. The summed E-state index contributed by atoms with van der Waals surface area (Å²) in [7, 11) is 0. The predicted octanol–water partition coefficient (Wildman–Crippen LogP) is 3.66. The Labute approximate surface area is 176 Å². The maximum atomic E-state index is 12.9. The Morgan fingerprint density at radius 2 is 1.75 bits per heavy atom. The average Bonchev–Trinajstić information content (AvgIpc) is 3.17. The van der Waals surface area contributed by atoms with Crippen LogP contribution in [0.5, 0.6) is 0 Å². The van der Waals surface area contributed by atoms with Gasteiger partial charge in [0.15, 0.2) is 0 Å². The van der Waals surface area contributed by atoms with Gasteiger partial charge in [0.05, 0.1) is 0 Å². The topological polar surface area (TPSA) is 35.9 Å². The Balaban J connectivity index is 1.64. The fraction of sp³-hybridized carbons (Fsp3) is 0.217. The Bertz CT molecular complexity index is 1040. The number of anilines is 2. The van der Waals surface area contributed by atoms with Crippen LogP contribution in [0.25, 0.3) is 0 Å². The molecule has 0 aliphatic carbocycles. The van der Waals surface area contributed by atoms with Crippen LogP contribution in [0.15, 0.2) is 69.0 Å². The second kappa shape index (κ2) is 7.58. The van der Waals surface area contributed by atoms with E-state index in [9.17, 15) is 4.79 Å². The molecule has 0 fully saturated rings. The van der Waals surface area contributed by atoms with Crippen molar-refractivity contribution in [3.05, 3.63) is 75.1 Å². The molecule has 2 aliphatic heterocycles. The van der Waals surface area contributed by atoms with Gasteiger partial charge in [-0.1, -0.05) is 0 Å². The third-order valence-corrected chi connectivity index (χ3v) is 8.29. The van der Waals surface area contributed by atoms with E-state index < -0.39 is 20.9 Å². The molecule has 0 atom stereocenters. The minimum absolute atomic E-state index is 0.0635. The Hall–Kier alpha value is -2.35. The van der Waals surface area contributed by atoms with Crippen LogP contribution in [0.1, 0.15) is 25.0 Å². The molecule has 4 rings (SSSR count). The predicted molar refractivity (Wildman–Crippen MR) is 118 cm³/mol. The molecular formula is C23H23N3OTe. The van der Waals surface area contributed by atoms with Crippen LogP contribution in [0.4, 0.5) is 11.4 Å². The van der Waals surface area contributed by atoms with Crippen LogP contribution >= 0.6 is 0 Å². The van der Waals surface area contributed by atoms with Crippen molar-refractivity contribution in [3.63, 3.8) is 0 Å². The number of rotatable bonds is 3. The molecule has 142 valence electrons. The molecule has 2 heterocycles. The summed E-state index contributed by atoms with van der Waals surface area (Å²) in [4.78, 5) is 15.3. The van der Waals surface area contributed by atoms with E-state index in [0.29, 0.717) is 5.57 Å². The molecule has 2 aromatic carbocycles. The third-order valence-electron chi connectivity index (χ3n) is 5.12. The number of carbonyl (C=O) groups is 1. The van der Waals surface area contributed by atoms with E-state index in [2.05, 4.69) is 49.0 Å². The molecule has 4 nitrogen and oxygen atoms in total. The first-order valence-electron chi connectivity index (χ1n) is 9.43. The molecule has 0 saturated heterocycles. The SMILES string of the molecule is CCN1C(=CC=C2C(=O)N(c3ccccc3)N=C2C)[Te]c2cc(C)c(C)cc21. The molecule has 0 unspecified atom stereocenters. The van der Waals surface area contributed by atoms with E-state index in [0.717, 1.165) is 17.9 Å². The van der Waals surface area contributed by atoms with Gasteiger partial charge in [0, 0.05) is 0 Å². The van der Waals surface area contributed by atoms with Crippen LogP contribution in [0.3, 0.4) is 0 Å². The number of hydrogen-bond donors (Lipinski definition) is 0. The number of hydrogen-bond acceptors (Lipinski definition) is 3. The number of nitrogens with zero attached hydrogens (tertiary/aromatic N) is 3. The molecule has 0 spiro atoms. The molecule has 0 saturated carbocycles. The fourth-order valence-corrected chi connectivity index (χ4v) is 6.86. The normalized spacial score (nSPS) is 19.0. The molecule has 2 aliphatic rings. The summed E-state index contributed by atoms with van der Waals surface area (Å²) in [5.41, 5.74) is 6.25. The number of carbonyl (C=O) groups excluding carboxylic acids is 1. The van der Waals surface area contributed by atoms with Crippen LogP contribution in [0, 0.1) is 13.8 Å². The summed E-state index contributed by atoms with van der Waals surface area (Å²) in [5, 5.41) is 5.96. The van der Waals surface area contributed by atoms with E-state index in [1.54, 1.807) is 0 Å². The second-order valence-electron chi connectivity index (χ2n) is 6.97. The Kier molecular flexibility index (Phi) is 5.14. The van der Waals surface area contributed by atoms with Gasteiger partial charge < -0.3 is 0 Å². The van der Waals surface area contributed by atoms with E-state index >= 15 is 0 Å². The Morgan fingerprint density at radius 3 is 2.46 bits per heavy atom. The van der Waals surface area contributed by atoms with E-state index in [1.807, 2.05) is 43.3 Å². The van der Waals surface area contributed by atoms with Crippen molar-refractivity contribution >= 4 is 47.5 Å². The minimum atomic E-state index is -0.456. The van der Waals surface area contributed by atoms with Gasteiger partial charge in [-0.3, -0.25) is 0 Å². The molecule has 0 radical (unpaired) electrons. The summed E-state index contributed by atoms with van der Waals surface area (Å²) in [6, 6.07) is 14.2. The first kappa shape index (κ1) is 19.0. The van der Waals surface area contributed by atoms with Gasteiger partial charge in [0.2, 0.25) is 0 Å². The molecule has 1 amide bonds. The van der Waals surface area contributed by atoms with Gasteiger partial charge in [0.25, 0.3) is 0 Å². The van der Waals surface area contributed by atoms with E-state index in [1.165, 1.54) is 29.2 Å². The van der Waals surface area contributed by atoms with Crippen molar-refractivity contribution in [2.75, 3.05) is 16.5 Å². The third kappa shape index (κ3) is 3.30. The summed E-state index contributed by atoms with van der Waals surface area (Å²) in [6.07, 6.45) is 4.09. The van der Waals surface area contributed by atoms with Gasteiger partial charge >= 0.3 is 177 Å². The second-order valence-corrected chi connectivity index (χ2v) is 10.0. The Morgan fingerprint density at radius 1 is 1.04 bits per heavy atom. The number of amides is 1. The van der Waals surface area contributed by atoms with Gasteiger partial charge in [-0.15, -0.1) is 0 Å². The molecule has 5 heteroatoms. The van der Waals surface area contributed by atoms with E-state index in [4.69, 9.17) is 0 Å². The van der Waals surface area contributed by atoms with Crippen molar-refractivity contribution in [3.8, 4) is 0 Å². The summed E-state index contributed by atoms with van der Waals surface area (Å²) in [6.45, 7) is 9.37. The number of fused-ring (bicyclic) bond motifs is 1. The quantitative estimate of drug-likeness (QED) is 0.492. The molecule has 2 aromatic rings. The van der Waals surface area contributed by atoms with Crippen LogP contribution < -0.4 is 13.5 Å². The van der Waals surface area contributed by atoms with Gasteiger partial charge in [-0.05, 0) is 0 Å². The van der Waals surface area contributed by atoms with Crippen LogP contribution in [0.2, 0.25) is 0 Å². The molecule has 0 bridgehead atoms. The maximum absolute atomic E-state index is 12.9. The van der Waals surface area contributed by atoms with Gasteiger partial charge in [0.1, 0.15) is 0 Å². The standard InChI is InChI=1S/C23H23N3OTe/c1-5-25-20-13-15(2)16(3)14-21(20)28-22(25)12-11-19-17(4)24-26(23(19)27)18-9-7-6-8-10-18/h6-14H,5H2,1-4H3. The zero-order valence-corrected chi connectivity index (χ0v) is 18.9. The van der Waals surface area contributed by atoms with Crippen molar-refractivity contribution in [1.29, 1.82) is 0 Å². The van der Waals surface area contributed by atoms with Gasteiger partial charge in [-0.2, -0.15) is 0 Å². The van der Waals surface area contributed by atoms with Crippen molar-refractivity contribution in [2.45, 2.75) is 27.7 Å². The van der Waals surface area contributed by atoms with Crippen molar-refractivity contribution in [2.24, 2.45) is 5.10 Å². The molecule has 0 N–H and O–H groups in total.